The number of benzene rings is 1. The van der Waals surface area contributed by atoms with Crippen LogP contribution in [0.25, 0.3) is 0 Å². The third kappa shape index (κ3) is 4.26. The minimum atomic E-state index is -4.23. The predicted octanol–water partition coefficient (Wildman–Crippen LogP) is 3.38. The smallest absolute Gasteiger partial charge is 0.389 e. The summed E-state index contributed by atoms with van der Waals surface area (Å²) in [4.78, 5) is 0. The number of hydrogen-bond donors (Lipinski definition) is 1. The van der Waals surface area contributed by atoms with Gasteiger partial charge in [-0.25, -0.2) is 0 Å². The fourth-order valence-electron chi connectivity index (χ4n) is 1.60. The van der Waals surface area contributed by atoms with E-state index in [9.17, 15) is 18.3 Å². The van der Waals surface area contributed by atoms with Crippen molar-refractivity contribution in [3.63, 3.8) is 0 Å². The Morgan fingerprint density at radius 2 is 2.00 bits per heavy atom. The lowest BCUT2D eigenvalue weighted by Crippen LogP contribution is -2.10. The number of ether oxygens (including phenoxy) is 1. The topological polar surface area (TPSA) is 29.5 Å². The summed E-state index contributed by atoms with van der Waals surface area (Å²) >= 11 is 0. The van der Waals surface area contributed by atoms with E-state index in [1.807, 2.05) is 0 Å². The van der Waals surface area contributed by atoms with Gasteiger partial charge in [0, 0.05) is 6.42 Å². The van der Waals surface area contributed by atoms with Crippen LogP contribution in [0, 0.1) is 6.92 Å². The van der Waals surface area contributed by atoms with E-state index in [-0.39, 0.29) is 6.42 Å². The highest BCUT2D eigenvalue weighted by Crippen LogP contribution is 2.30. The second kappa shape index (κ2) is 5.40. The molecule has 0 aliphatic heterocycles. The van der Waals surface area contributed by atoms with Crippen molar-refractivity contribution in [2.75, 3.05) is 7.11 Å². The molecule has 0 saturated heterocycles. The Morgan fingerprint density at radius 1 is 1.35 bits per heavy atom. The quantitative estimate of drug-likeness (QED) is 0.885. The lowest BCUT2D eigenvalue weighted by Gasteiger charge is -2.15. The van der Waals surface area contributed by atoms with E-state index in [0.29, 0.717) is 11.3 Å². The first-order valence-corrected chi connectivity index (χ1v) is 5.23. The molecule has 0 heterocycles. The normalized spacial score (nSPS) is 13.5. The van der Waals surface area contributed by atoms with Crippen molar-refractivity contribution >= 4 is 0 Å². The first-order valence-electron chi connectivity index (χ1n) is 5.23. The van der Waals surface area contributed by atoms with Crippen molar-refractivity contribution < 1.29 is 23.0 Å². The first kappa shape index (κ1) is 13.8. The van der Waals surface area contributed by atoms with Gasteiger partial charge in [-0.2, -0.15) is 13.2 Å². The molecule has 1 N–H and O–H groups in total. The van der Waals surface area contributed by atoms with Gasteiger partial charge in [-0.05, 0) is 36.6 Å². The zero-order valence-corrected chi connectivity index (χ0v) is 9.71. The molecule has 17 heavy (non-hydrogen) atoms. The fourth-order valence-corrected chi connectivity index (χ4v) is 1.60. The maximum absolute atomic E-state index is 12.0. The monoisotopic (exact) mass is 248 g/mol. The molecule has 0 saturated carbocycles. The molecule has 1 unspecified atom stereocenters. The van der Waals surface area contributed by atoms with Crippen LogP contribution in [-0.2, 0) is 0 Å². The maximum Gasteiger partial charge on any atom is 0.389 e. The fraction of sp³-hybridized carbons (Fsp3) is 0.500. The molecule has 0 radical (unpaired) electrons. The summed E-state index contributed by atoms with van der Waals surface area (Å²) in [6.07, 6.45) is -6.64. The third-order valence-electron chi connectivity index (χ3n) is 2.54. The van der Waals surface area contributed by atoms with Gasteiger partial charge < -0.3 is 9.84 Å². The van der Waals surface area contributed by atoms with Gasteiger partial charge in [0.2, 0.25) is 0 Å². The lowest BCUT2D eigenvalue weighted by atomic mass is 9.99. The summed E-state index contributed by atoms with van der Waals surface area (Å²) in [5.74, 6) is 0.620. The molecular formula is C12H15F3O2. The average Bonchev–Trinajstić information content (AvgIpc) is 2.24. The van der Waals surface area contributed by atoms with E-state index >= 15 is 0 Å². The Morgan fingerprint density at radius 3 is 2.47 bits per heavy atom. The van der Waals surface area contributed by atoms with Crippen molar-refractivity contribution in [3.8, 4) is 5.75 Å². The number of aliphatic hydroxyl groups is 1. The minimum Gasteiger partial charge on any atom is -0.497 e. The SMILES string of the molecule is COc1ccc(C(O)CCC(F)(F)F)c(C)c1. The standard InChI is InChI=1S/C12H15F3O2/c1-8-7-9(17-2)3-4-10(8)11(16)5-6-12(13,14)15/h3-4,7,11,16H,5-6H2,1-2H3. The highest BCUT2D eigenvalue weighted by Gasteiger charge is 2.28. The number of hydrogen-bond acceptors (Lipinski definition) is 2. The van der Waals surface area contributed by atoms with Gasteiger partial charge in [-0.1, -0.05) is 6.07 Å². The minimum absolute atomic E-state index is 0.323. The van der Waals surface area contributed by atoms with Crippen molar-refractivity contribution in [3.05, 3.63) is 29.3 Å². The molecule has 0 aromatic heterocycles. The number of aryl methyl sites for hydroxylation is 1. The molecule has 1 atom stereocenters. The van der Waals surface area contributed by atoms with Gasteiger partial charge in [0.05, 0.1) is 13.2 Å². The summed E-state index contributed by atoms with van der Waals surface area (Å²) < 4.78 is 41.0. The van der Waals surface area contributed by atoms with Crippen LogP contribution in [0.5, 0.6) is 5.75 Å². The van der Waals surface area contributed by atoms with E-state index in [2.05, 4.69) is 0 Å². The maximum atomic E-state index is 12.0. The third-order valence-corrected chi connectivity index (χ3v) is 2.54. The van der Waals surface area contributed by atoms with Crippen LogP contribution in [0.4, 0.5) is 13.2 Å². The molecule has 5 heteroatoms. The van der Waals surface area contributed by atoms with E-state index in [1.165, 1.54) is 7.11 Å². The van der Waals surface area contributed by atoms with Gasteiger partial charge >= 0.3 is 6.18 Å². The molecule has 96 valence electrons. The van der Waals surface area contributed by atoms with Crippen molar-refractivity contribution in [1.29, 1.82) is 0 Å². The molecule has 1 rings (SSSR count). The summed E-state index contributed by atoms with van der Waals surface area (Å²) in [6, 6.07) is 4.90. The number of aliphatic hydroxyl groups excluding tert-OH is 1. The van der Waals surface area contributed by atoms with Crippen LogP contribution in [0.15, 0.2) is 18.2 Å². The zero-order valence-electron chi connectivity index (χ0n) is 9.71. The lowest BCUT2D eigenvalue weighted by molar-refractivity contribution is -0.140. The zero-order chi connectivity index (χ0) is 13.1. The van der Waals surface area contributed by atoms with Crippen molar-refractivity contribution in [2.45, 2.75) is 32.0 Å². The number of methoxy groups -OCH3 is 1. The number of rotatable bonds is 4. The molecule has 0 aliphatic rings. The Balaban J connectivity index is 2.72. The van der Waals surface area contributed by atoms with Gasteiger partial charge in [0.15, 0.2) is 0 Å². The highest BCUT2D eigenvalue weighted by molar-refractivity contribution is 5.35. The second-order valence-electron chi connectivity index (χ2n) is 3.89. The molecule has 2 nitrogen and oxygen atoms in total. The Labute approximate surface area is 98.0 Å². The van der Waals surface area contributed by atoms with Crippen LogP contribution in [-0.4, -0.2) is 18.4 Å². The summed E-state index contributed by atoms with van der Waals surface area (Å²) in [7, 11) is 1.51. The molecule has 0 bridgehead atoms. The summed E-state index contributed by atoms with van der Waals surface area (Å²) in [5, 5.41) is 9.69. The molecule has 0 amide bonds. The molecule has 0 spiro atoms. The van der Waals surface area contributed by atoms with Crippen molar-refractivity contribution in [1.82, 2.24) is 0 Å². The van der Waals surface area contributed by atoms with Crippen LogP contribution in [0.2, 0.25) is 0 Å². The van der Waals surface area contributed by atoms with Crippen molar-refractivity contribution in [2.24, 2.45) is 0 Å². The highest BCUT2D eigenvalue weighted by atomic mass is 19.4. The Bertz CT molecular complexity index is 375. The molecule has 1 aromatic rings. The first-order chi connectivity index (χ1) is 7.83. The van der Waals surface area contributed by atoms with Gasteiger partial charge in [-0.3, -0.25) is 0 Å². The van der Waals surface area contributed by atoms with Gasteiger partial charge in [0.25, 0.3) is 0 Å². The Kier molecular flexibility index (Phi) is 4.40. The summed E-state index contributed by atoms with van der Waals surface area (Å²) in [5.41, 5.74) is 1.23. The predicted molar refractivity (Wildman–Crippen MR) is 58.0 cm³/mol. The molecular weight excluding hydrogens is 233 g/mol. The van der Waals surface area contributed by atoms with Crippen LogP contribution >= 0.6 is 0 Å². The van der Waals surface area contributed by atoms with E-state index in [0.717, 1.165) is 5.56 Å². The van der Waals surface area contributed by atoms with Crippen LogP contribution < -0.4 is 4.74 Å². The van der Waals surface area contributed by atoms with Crippen LogP contribution in [0.1, 0.15) is 30.1 Å². The number of halogens is 3. The van der Waals surface area contributed by atoms with Gasteiger partial charge in [-0.15, -0.1) is 0 Å². The number of alkyl halides is 3. The molecule has 1 aromatic carbocycles. The Hall–Kier alpha value is -1.23. The van der Waals surface area contributed by atoms with E-state index in [1.54, 1.807) is 25.1 Å². The largest absolute Gasteiger partial charge is 0.497 e. The van der Waals surface area contributed by atoms with Crippen LogP contribution in [0.3, 0.4) is 0 Å². The molecule has 0 aliphatic carbocycles. The van der Waals surface area contributed by atoms with Gasteiger partial charge in [0.1, 0.15) is 5.75 Å². The second-order valence-corrected chi connectivity index (χ2v) is 3.89. The summed E-state index contributed by atoms with van der Waals surface area (Å²) in [6.45, 7) is 1.73. The van der Waals surface area contributed by atoms with E-state index in [4.69, 9.17) is 4.74 Å². The van der Waals surface area contributed by atoms with E-state index < -0.39 is 18.7 Å². The molecule has 0 fully saturated rings. The average molecular weight is 248 g/mol.